The van der Waals surface area contributed by atoms with Gasteiger partial charge in [-0.15, -0.1) is 0 Å². The van der Waals surface area contributed by atoms with Gasteiger partial charge in [-0.2, -0.15) is 8.42 Å². The van der Waals surface area contributed by atoms with Gasteiger partial charge in [-0.3, -0.25) is 4.18 Å². The molecule has 0 fully saturated rings. The summed E-state index contributed by atoms with van der Waals surface area (Å²) in [6.45, 7) is 4.08. The van der Waals surface area contributed by atoms with E-state index in [1.54, 1.807) is 12.1 Å². The lowest BCUT2D eigenvalue weighted by atomic mass is 10.0. The Morgan fingerprint density at radius 3 is 1.97 bits per heavy atom. The largest absolute Gasteiger partial charge is 0.331 e. The third-order valence-corrected chi connectivity index (χ3v) is 6.86. The number of aromatic amines is 1. The number of hydrogen-bond donors (Lipinski definition) is 1. The van der Waals surface area contributed by atoms with Crippen molar-refractivity contribution >= 4 is 21.2 Å². The quantitative estimate of drug-likeness (QED) is 0.211. The number of imidazole rings is 1. The number of benzene rings is 1. The lowest BCUT2D eigenvalue weighted by Crippen LogP contribution is -2.16. The molecule has 0 aliphatic rings. The average Bonchev–Trinajstić information content (AvgIpc) is 3.16. The van der Waals surface area contributed by atoms with Crippen molar-refractivity contribution in [2.75, 3.05) is 0 Å². The van der Waals surface area contributed by atoms with Crippen molar-refractivity contribution in [2.45, 2.75) is 115 Å². The maximum atomic E-state index is 12.4. The van der Waals surface area contributed by atoms with Gasteiger partial charge in [0.1, 0.15) is 0 Å². The number of rotatable bonds is 17. The van der Waals surface area contributed by atoms with Gasteiger partial charge in [0, 0.05) is 0 Å². The molecule has 0 amide bonds. The SMILES string of the molecule is CCCCCCCCCCCCCCCC(C)OS(=O)(=O)c1nc2ccccc2[nH]1. The van der Waals surface area contributed by atoms with Crippen molar-refractivity contribution in [1.29, 1.82) is 0 Å². The smallest absolute Gasteiger partial charge is 0.327 e. The summed E-state index contributed by atoms with van der Waals surface area (Å²) in [5, 5.41) is -0.110. The number of para-hydroxylation sites is 2. The normalized spacial score (nSPS) is 13.1. The number of nitrogens with one attached hydrogen (secondary N) is 1. The van der Waals surface area contributed by atoms with Crippen LogP contribution in [0.4, 0.5) is 0 Å². The highest BCUT2D eigenvalue weighted by molar-refractivity contribution is 7.86. The van der Waals surface area contributed by atoms with Crippen molar-refractivity contribution in [1.82, 2.24) is 9.97 Å². The molecule has 6 heteroatoms. The number of hydrogen-bond acceptors (Lipinski definition) is 4. The first-order valence-corrected chi connectivity index (χ1v) is 13.3. The summed E-state index contributed by atoms with van der Waals surface area (Å²) in [4.78, 5) is 6.97. The molecule has 5 nitrogen and oxygen atoms in total. The molecule has 1 atom stereocenters. The summed E-state index contributed by atoms with van der Waals surface area (Å²) in [6.07, 6.45) is 17.4. The minimum absolute atomic E-state index is 0.110. The summed E-state index contributed by atoms with van der Waals surface area (Å²) >= 11 is 0. The first-order valence-electron chi connectivity index (χ1n) is 11.9. The lowest BCUT2D eigenvalue weighted by Gasteiger charge is -2.11. The van der Waals surface area contributed by atoms with E-state index in [-0.39, 0.29) is 11.3 Å². The van der Waals surface area contributed by atoms with E-state index in [4.69, 9.17) is 4.18 Å². The lowest BCUT2D eigenvalue weighted by molar-refractivity contribution is 0.212. The Hall–Kier alpha value is -1.40. The van der Waals surface area contributed by atoms with Crippen molar-refractivity contribution < 1.29 is 12.6 Å². The van der Waals surface area contributed by atoms with Crippen LogP contribution in [0.3, 0.4) is 0 Å². The minimum Gasteiger partial charge on any atom is -0.327 e. The number of nitrogens with zero attached hydrogens (tertiary/aromatic N) is 1. The van der Waals surface area contributed by atoms with Gasteiger partial charge in [-0.25, -0.2) is 4.98 Å². The van der Waals surface area contributed by atoms with Gasteiger partial charge in [0.15, 0.2) is 0 Å². The van der Waals surface area contributed by atoms with Gasteiger partial charge in [-0.05, 0) is 25.5 Å². The molecule has 0 saturated carbocycles. The van der Waals surface area contributed by atoms with E-state index in [1.807, 2.05) is 19.1 Å². The Morgan fingerprint density at radius 2 is 1.40 bits per heavy atom. The first-order chi connectivity index (χ1) is 14.5. The van der Waals surface area contributed by atoms with Gasteiger partial charge in [0.25, 0.3) is 5.16 Å². The van der Waals surface area contributed by atoms with Gasteiger partial charge >= 0.3 is 10.1 Å². The Balaban J connectivity index is 1.51. The second-order valence-electron chi connectivity index (χ2n) is 8.45. The number of unbranched alkanes of at least 4 members (excludes halogenated alkanes) is 12. The first kappa shape index (κ1) is 24.9. The van der Waals surface area contributed by atoms with Crippen molar-refractivity contribution in [3.05, 3.63) is 24.3 Å². The Kier molecular flexibility index (Phi) is 11.4. The van der Waals surface area contributed by atoms with Crippen LogP contribution < -0.4 is 0 Å². The van der Waals surface area contributed by atoms with E-state index in [0.717, 1.165) is 19.3 Å². The second kappa shape index (κ2) is 13.8. The third kappa shape index (κ3) is 9.17. The molecule has 1 aromatic heterocycles. The number of aromatic nitrogens is 2. The molecule has 1 aromatic carbocycles. The van der Waals surface area contributed by atoms with E-state index in [1.165, 1.54) is 70.6 Å². The van der Waals surface area contributed by atoms with Crippen molar-refractivity contribution in [3.63, 3.8) is 0 Å². The summed E-state index contributed by atoms with van der Waals surface area (Å²) in [6, 6.07) is 7.26. The third-order valence-electron chi connectivity index (χ3n) is 5.61. The van der Waals surface area contributed by atoms with Crippen LogP contribution in [0.15, 0.2) is 29.4 Å². The van der Waals surface area contributed by atoms with Gasteiger partial charge in [0.2, 0.25) is 0 Å². The van der Waals surface area contributed by atoms with E-state index < -0.39 is 10.1 Å². The van der Waals surface area contributed by atoms with Crippen LogP contribution in [0, 0.1) is 0 Å². The zero-order chi connectivity index (χ0) is 21.7. The number of H-pyrrole nitrogens is 1. The topological polar surface area (TPSA) is 72.1 Å². The van der Waals surface area contributed by atoms with Crippen LogP contribution in [0.25, 0.3) is 11.0 Å². The molecule has 0 radical (unpaired) electrons. The van der Waals surface area contributed by atoms with E-state index in [9.17, 15) is 8.42 Å². The Morgan fingerprint density at radius 1 is 0.867 bits per heavy atom. The molecule has 2 aromatic rings. The fraction of sp³-hybridized carbons (Fsp3) is 0.708. The summed E-state index contributed by atoms with van der Waals surface area (Å²) < 4.78 is 30.2. The Bertz CT molecular complexity index is 784. The zero-order valence-electron chi connectivity index (χ0n) is 18.9. The fourth-order valence-corrected chi connectivity index (χ4v) is 4.87. The van der Waals surface area contributed by atoms with Crippen LogP contribution in [0.5, 0.6) is 0 Å². The molecule has 0 saturated heterocycles. The zero-order valence-corrected chi connectivity index (χ0v) is 19.7. The highest BCUT2D eigenvalue weighted by atomic mass is 32.2. The summed E-state index contributed by atoms with van der Waals surface area (Å²) in [5.41, 5.74) is 1.33. The van der Waals surface area contributed by atoms with E-state index >= 15 is 0 Å². The Labute approximate surface area is 183 Å². The molecular weight excluding hydrogens is 396 g/mol. The monoisotopic (exact) mass is 436 g/mol. The van der Waals surface area contributed by atoms with Crippen LogP contribution >= 0.6 is 0 Å². The van der Waals surface area contributed by atoms with Crippen LogP contribution in [0.1, 0.15) is 104 Å². The molecular formula is C24H40N2O3S. The summed E-state index contributed by atoms with van der Waals surface area (Å²) in [7, 11) is -3.86. The van der Waals surface area contributed by atoms with Crippen LogP contribution in [-0.2, 0) is 14.3 Å². The maximum Gasteiger partial charge on any atom is 0.331 e. The van der Waals surface area contributed by atoms with Crippen LogP contribution in [-0.4, -0.2) is 24.5 Å². The van der Waals surface area contributed by atoms with Crippen LogP contribution in [0.2, 0.25) is 0 Å². The molecule has 0 bridgehead atoms. The highest BCUT2D eigenvalue weighted by Crippen LogP contribution is 2.19. The molecule has 2 rings (SSSR count). The number of fused-ring (bicyclic) bond motifs is 1. The second-order valence-corrected chi connectivity index (χ2v) is 9.94. The van der Waals surface area contributed by atoms with Crippen molar-refractivity contribution in [2.24, 2.45) is 0 Å². The fourth-order valence-electron chi connectivity index (χ4n) is 3.81. The maximum absolute atomic E-state index is 12.4. The molecule has 0 aliphatic heterocycles. The molecule has 1 unspecified atom stereocenters. The van der Waals surface area contributed by atoms with Gasteiger partial charge in [-0.1, -0.05) is 103 Å². The van der Waals surface area contributed by atoms with Gasteiger partial charge in [0.05, 0.1) is 17.1 Å². The van der Waals surface area contributed by atoms with E-state index in [2.05, 4.69) is 16.9 Å². The standard InChI is InChI=1S/C24H40N2O3S/c1-3-4-5-6-7-8-9-10-11-12-13-14-15-18-21(2)29-30(27,28)24-25-22-19-16-17-20-23(22)26-24/h16-17,19-21H,3-15,18H2,1-2H3,(H,25,26). The highest BCUT2D eigenvalue weighted by Gasteiger charge is 2.22. The predicted molar refractivity (Wildman–Crippen MR) is 124 cm³/mol. The minimum atomic E-state index is -3.86. The molecule has 1 heterocycles. The van der Waals surface area contributed by atoms with Gasteiger partial charge < -0.3 is 4.98 Å². The summed E-state index contributed by atoms with van der Waals surface area (Å²) in [5.74, 6) is 0. The molecule has 0 aliphatic carbocycles. The average molecular weight is 437 g/mol. The molecule has 0 spiro atoms. The van der Waals surface area contributed by atoms with Crippen molar-refractivity contribution in [3.8, 4) is 0 Å². The molecule has 170 valence electrons. The molecule has 30 heavy (non-hydrogen) atoms. The molecule has 1 N–H and O–H groups in total. The van der Waals surface area contributed by atoms with E-state index in [0.29, 0.717) is 11.0 Å². The predicted octanol–water partition coefficient (Wildman–Crippen LogP) is 7.14.